The molecule has 1 aromatic heterocycles. The Morgan fingerprint density at radius 1 is 1.47 bits per heavy atom. The highest BCUT2D eigenvalue weighted by Gasteiger charge is 2.38. The number of thiazole rings is 1. The van der Waals surface area contributed by atoms with E-state index in [4.69, 9.17) is 0 Å². The van der Waals surface area contributed by atoms with Crippen molar-refractivity contribution in [3.05, 3.63) is 16.1 Å². The monoisotopic (exact) mass is 281 g/mol. The Morgan fingerprint density at radius 3 is 2.79 bits per heavy atom. The Bertz CT molecular complexity index is 486. The van der Waals surface area contributed by atoms with Crippen molar-refractivity contribution < 1.29 is 9.59 Å². The maximum absolute atomic E-state index is 12.3. The lowest BCUT2D eigenvalue weighted by Gasteiger charge is -2.37. The van der Waals surface area contributed by atoms with Gasteiger partial charge < -0.3 is 10.2 Å². The number of piperazine rings is 1. The third-order valence-electron chi connectivity index (χ3n) is 3.25. The highest BCUT2D eigenvalue weighted by Crippen LogP contribution is 2.19. The molecule has 5 nitrogen and oxygen atoms in total. The van der Waals surface area contributed by atoms with Crippen LogP contribution in [-0.2, 0) is 16.1 Å². The average Bonchev–Trinajstić information content (AvgIpc) is 2.76. The van der Waals surface area contributed by atoms with E-state index in [9.17, 15) is 9.59 Å². The lowest BCUT2D eigenvalue weighted by Crippen LogP contribution is -2.61. The Kier molecular flexibility index (Phi) is 4.19. The minimum absolute atomic E-state index is 0.0243. The predicted octanol–water partition coefficient (Wildman–Crippen LogP) is 1.47. The van der Waals surface area contributed by atoms with Crippen LogP contribution in [0, 0.1) is 6.92 Å². The maximum Gasteiger partial charge on any atom is 0.245 e. The summed E-state index contributed by atoms with van der Waals surface area (Å²) in [6.07, 6.45) is 1.56. The van der Waals surface area contributed by atoms with E-state index in [1.165, 1.54) is 0 Å². The van der Waals surface area contributed by atoms with E-state index < -0.39 is 6.04 Å². The Balaban J connectivity index is 2.20. The summed E-state index contributed by atoms with van der Waals surface area (Å²) in [6.45, 7) is 6.10. The molecule has 1 aliphatic rings. The number of carbonyl (C=O) groups excluding carboxylic acids is 2. The van der Waals surface area contributed by atoms with E-state index in [0.717, 1.165) is 17.1 Å². The van der Waals surface area contributed by atoms with E-state index in [2.05, 4.69) is 10.3 Å². The van der Waals surface area contributed by atoms with Gasteiger partial charge in [0.25, 0.3) is 0 Å². The van der Waals surface area contributed by atoms with Crippen molar-refractivity contribution >= 4 is 23.2 Å². The van der Waals surface area contributed by atoms with Crippen LogP contribution in [0.1, 0.15) is 37.4 Å². The van der Waals surface area contributed by atoms with Gasteiger partial charge in [0.2, 0.25) is 11.8 Å². The second-order valence-corrected chi connectivity index (χ2v) is 5.92. The fraction of sp³-hybridized carbons (Fsp3) is 0.615. The molecule has 1 N–H and O–H groups in total. The van der Waals surface area contributed by atoms with E-state index >= 15 is 0 Å². The topological polar surface area (TPSA) is 62.3 Å². The van der Waals surface area contributed by atoms with Crippen LogP contribution in [0.4, 0.5) is 0 Å². The standard InChI is InChI=1S/C13H19N3O2S/c1-4-5-11-12(17)14-8(2)13(18)16(11)6-10-7-19-9(3)15-10/h7-8,11H,4-6H2,1-3H3,(H,14,17). The van der Waals surface area contributed by atoms with Gasteiger partial charge in [0.15, 0.2) is 0 Å². The number of carbonyl (C=O) groups is 2. The van der Waals surface area contributed by atoms with Crippen LogP contribution in [-0.4, -0.2) is 33.8 Å². The zero-order valence-corrected chi connectivity index (χ0v) is 12.3. The molecule has 0 radical (unpaired) electrons. The first-order valence-electron chi connectivity index (χ1n) is 6.54. The van der Waals surface area contributed by atoms with Gasteiger partial charge in [-0.3, -0.25) is 9.59 Å². The van der Waals surface area contributed by atoms with Crippen molar-refractivity contribution in [2.24, 2.45) is 0 Å². The molecule has 2 unspecified atom stereocenters. The molecule has 1 saturated heterocycles. The molecular weight excluding hydrogens is 262 g/mol. The van der Waals surface area contributed by atoms with Crippen LogP contribution in [0.3, 0.4) is 0 Å². The normalized spacial score (nSPS) is 23.6. The van der Waals surface area contributed by atoms with Crippen molar-refractivity contribution in [1.82, 2.24) is 15.2 Å². The Labute approximate surface area is 117 Å². The van der Waals surface area contributed by atoms with E-state index in [1.54, 1.807) is 23.2 Å². The van der Waals surface area contributed by atoms with Gasteiger partial charge in [-0.2, -0.15) is 0 Å². The first kappa shape index (κ1) is 14.0. The minimum Gasteiger partial charge on any atom is -0.343 e. The molecular formula is C13H19N3O2S. The van der Waals surface area contributed by atoms with E-state index in [-0.39, 0.29) is 17.9 Å². The van der Waals surface area contributed by atoms with Gasteiger partial charge in [-0.1, -0.05) is 13.3 Å². The number of hydrogen-bond acceptors (Lipinski definition) is 4. The van der Waals surface area contributed by atoms with Crippen molar-refractivity contribution in [2.45, 2.75) is 52.2 Å². The SMILES string of the molecule is CCCC1C(=O)NC(C)C(=O)N1Cc1csc(C)n1. The smallest absolute Gasteiger partial charge is 0.245 e. The fourth-order valence-corrected chi connectivity index (χ4v) is 2.92. The number of nitrogens with zero attached hydrogens (tertiary/aromatic N) is 2. The predicted molar refractivity (Wildman–Crippen MR) is 73.7 cm³/mol. The molecule has 0 spiro atoms. The molecule has 0 aliphatic carbocycles. The summed E-state index contributed by atoms with van der Waals surface area (Å²) >= 11 is 1.56. The molecule has 1 aliphatic heterocycles. The summed E-state index contributed by atoms with van der Waals surface area (Å²) in [7, 11) is 0. The van der Waals surface area contributed by atoms with Gasteiger partial charge >= 0.3 is 0 Å². The van der Waals surface area contributed by atoms with Gasteiger partial charge in [-0.05, 0) is 20.3 Å². The van der Waals surface area contributed by atoms with E-state index in [1.807, 2.05) is 19.2 Å². The first-order chi connectivity index (χ1) is 9.02. The fourth-order valence-electron chi connectivity index (χ4n) is 2.32. The van der Waals surface area contributed by atoms with E-state index in [0.29, 0.717) is 13.0 Å². The summed E-state index contributed by atoms with van der Waals surface area (Å²) in [5.74, 6) is -0.0791. The van der Waals surface area contributed by atoms with Crippen LogP contribution in [0.5, 0.6) is 0 Å². The first-order valence-corrected chi connectivity index (χ1v) is 7.42. The highest BCUT2D eigenvalue weighted by molar-refractivity contribution is 7.09. The van der Waals surface area contributed by atoms with Gasteiger partial charge in [-0.25, -0.2) is 4.98 Å². The Morgan fingerprint density at radius 2 is 2.21 bits per heavy atom. The second-order valence-electron chi connectivity index (χ2n) is 4.86. The lowest BCUT2D eigenvalue weighted by atomic mass is 10.0. The number of hydrogen-bond donors (Lipinski definition) is 1. The molecule has 0 bridgehead atoms. The maximum atomic E-state index is 12.3. The summed E-state index contributed by atoms with van der Waals surface area (Å²) in [5.41, 5.74) is 0.860. The molecule has 6 heteroatoms. The van der Waals surface area contributed by atoms with Crippen molar-refractivity contribution in [3.63, 3.8) is 0 Å². The minimum atomic E-state index is -0.444. The van der Waals surface area contributed by atoms with Crippen molar-refractivity contribution in [2.75, 3.05) is 0 Å². The molecule has 1 aromatic rings. The third-order valence-corrected chi connectivity index (χ3v) is 4.07. The molecule has 1 fully saturated rings. The highest BCUT2D eigenvalue weighted by atomic mass is 32.1. The largest absolute Gasteiger partial charge is 0.343 e. The quantitative estimate of drug-likeness (QED) is 0.909. The summed E-state index contributed by atoms with van der Waals surface area (Å²) in [4.78, 5) is 30.3. The van der Waals surface area contributed by atoms with Gasteiger partial charge in [0.1, 0.15) is 12.1 Å². The van der Waals surface area contributed by atoms with Crippen molar-refractivity contribution in [3.8, 4) is 0 Å². The zero-order valence-electron chi connectivity index (χ0n) is 11.5. The zero-order chi connectivity index (χ0) is 14.0. The Hall–Kier alpha value is -1.43. The summed E-state index contributed by atoms with van der Waals surface area (Å²) < 4.78 is 0. The molecule has 104 valence electrons. The van der Waals surface area contributed by atoms with Crippen molar-refractivity contribution in [1.29, 1.82) is 0 Å². The lowest BCUT2D eigenvalue weighted by molar-refractivity contribution is -0.149. The molecule has 0 aromatic carbocycles. The third kappa shape index (κ3) is 2.94. The molecule has 19 heavy (non-hydrogen) atoms. The number of nitrogens with one attached hydrogen (secondary N) is 1. The summed E-state index contributed by atoms with van der Waals surface area (Å²) in [5, 5.41) is 5.66. The number of rotatable bonds is 4. The molecule has 2 atom stereocenters. The van der Waals surface area contributed by atoms with Crippen LogP contribution in [0.15, 0.2) is 5.38 Å². The number of aromatic nitrogens is 1. The summed E-state index contributed by atoms with van der Waals surface area (Å²) in [6, 6.07) is -0.809. The van der Waals surface area contributed by atoms with Crippen LogP contribution in [0.2, 0.25) is 0 Å². The van der Waals surface area contributed by atoms with Gasteiger partial charge in [-0.15, -0.1) is 11.3 Å². The average molecular weight is 281 g/mol. The second kappa shape index (κ2) is 5.69. The number of amides is 2. The molecule has 2 rings (SSSR count). The molecule has 2 amide bonds. The van der Waals surface area contributed by atoms with Crippen LogP contribution >= 0.6 is 11.3 Å². The van der Waals surface area contributed by atoms with Crippen LogP contribution < -0.4 is 5.32 Å². The molecule has 0 saturated carbocycles. The number of aryl methyl sites for hydroxylation is 1. The van der Waals surface area contributed by atoms with Gasteiger partial charge in [0.05, 0.1) is 17.2 Å². The van der Waals surface area contributed by atoms with Gasteiger partial charge in [0, 0.05) is 5.38 Å². The molecule has 2 heterocycles. The van der Waals surface area contributed by atoms with Crippen LogP contribution in [0.25, 0.3) is 0 Å².